The number of benzene rings is 2. The summed E-state index contributed by atoms with van der Waals surface area (Å²) in [6, 6.07) is 6.39. The topological polar surface area (TPSA) is 174 Å². The third-order valence-electron chi connectivity index (χ3n) is 7.33. The third kappa shape index (κ3) is 4.34. The number of carbonyl (C=O) groups excluding carboxylic acids is 3. The summed E-state index contributed by atoms with van der Waals surface area (Å²) in [6.45, 7) is 4.34. The van der Waals surface area contributed by atoms with E-state index in [1.54, 1.807) is 24.3 Å². The number of furan rings is 1. The van der Waals surface area contributed by atoms with Crippen molar-refractivity contribution in [1.82, 2.24) is 10.2 Å². The summed E-state index contributed by atoms with van der Waals surface area (Å²) < 4.78 is 31.5. The van der Waals surface area contributed by atoms with Crippen LogP contribution in [0.2, 0.25) is 0 Å². The number of aryl methyl sites for hydroxylation is 1. The number of amides is 1. The highest BCUT2D eigenvalue weighted by molar-refractivity contribution is 7.85. The van der Waals surface area contributed by atoms with Crippen molar-refractivity contribution in [3.05, 3.63) is 58.0 Å². The number of ketones is 2. The van der Waals surface area contributed by atoms with Crippen molar-refractivity contribution in [2.75, 3.05) is 25.9 Å². The Hall–Kier alpha value is -3.74. The quantitative estimate of drug-likeness (QED) is 0.217. The molecule has 0 radical (unpaired) electrons. The van der Waals surface area contributed by atoms with Crippen LogP contribution in [0, 0.1) is 12.8 Å². The number of hydrogen-bond donors (Lipinski definition) is 4. The number of rotatable bonds is 2. The number of piperidine rings is 3. The fraction of sp³-hybridized carbons (Fsp3) is 0.346. The Kier molecular flexibility index (Phi) is 6.28. The van der Waals surface area contributed by atoms with Crippen LogP contribution in [0.5, 0.6) is 11.5 Å². The van der Waals surface area contributed by atoms with Crippen molar-refractivity contribution < 1.29 is 42.0 Å². The van der Waals surface area contributed by atoms with E-state index < -0.39 is 39.1 Å². The minimum atomic E-state index is -3.67. The molecule has 2 aromatic carbocycles. The van der Waals surface area contributed by atoms with Crippen LogP contribution in [0.3, 0.4) is 0 Å². The van der Waals surface area contributed by atoms with Crippen molar-refractivity contribution in [3.63, 3.8) is 0 Å². The molecule has 38 heavy (non-hydrogen) atoms. The van der Waals surface area contributed by atoms with E-state index in [2.05, 4.69) is 10.2 Å². The van der Waals surface area contributed by atoms with Crippen molar-refractivity contribution >= 4 is 38.4 Å². The SMILES string of the molecule is CS(=O)(=O)O.Cc1oc2c(c1C(=O)NC1CN3CCC1CC3)C(=O)c1c(c(O)c3ccccc3c1O)C2=O. The van der Waals surface area contributed by atoms with E-state index in [4.69, 9.17) is 8.97 Å². The van der Waals surface area contributed by atoms with Gasteiger partial charge in [0.1, 0.15) is 17.3 Å². The van der Waals surface area contributed by atoms with Crippen LogP contribution in [0.25, 0.3) is 10.8 Å². The Morgan fingerprint density at radius 1 is 1.00 bits per heavy atom. The molecule has 11 nitrogen and oxygen atoms in total. The molecule has 4 heterocycles. The minimum Gasteiger partial charge on any atom is -0.506 e. The number of phenols is 2. The third-order valence-corrected chi connectivity index (χ3v) is 7.33. The predicted molar refractivity (Wildman–Crippen MR) is 135 cm³/mol. The fourth-order valence-corrected chi connectivity index (χ4v) is 5.65. The lowest BCUT2D eigenvalue weighted by Gasteiger charge is -2.44. The smallest absolute Gasteiger partial charge is 0.261 e. The van der Waals surface area contributed by atoms with Gasteiger partial charge in [-0.15, -0.1) is 0 Å². The molecule has 3 fully saturated rings. The Balaban J connectivity index is 0.000000540. The zero-order valence-corrected chi connectivity index (χ0v) is 21.5. The monoisotopic (exact) mass is 542 g/mol. The van der Waals surface area contributed by atoms with Crippen molar-refractivity contribution in [1.29, 1.82) is 0 Å². The minimum absolute atomic E-state index is 0.0116. The van der Waals surface area contributed by atoms with Gasteiger partial charge < -0.3 is 24.8 Å². The highest BCUT2D eigenvalue weighted by Gasteiger charge is 2.43. The van der Waals surface area contributed by atoms with Crippen molar-refractivity contribution in [2.24, 2.45) is 5.92 Å². The van der Waals surface area contributed by atoms with E-state index in [-0.39, 0.29) is 50.6 Å². The molecule has 0 saturated carbocycles. The summed E-state index contributed by atoms with van der Waals surface area (Å²) in [5.74, 6) is -2.46. The summed E-state index contributed by atoms with van der Waals surface area (Å²) >= 11 is 0. The maximum Gasteiger partial charge on any atom is 0.261 e. The number of carbonyl (C=O) groups is 3. The first kappa shape index (κ1) is 25.9. The zero-order valence-electron chi connectivity index (χ0n) is 20.6. The van der Waals surface area contributed by atoms with Gasteiger partial charge in [-0.2, -0.15) is 8.42 Å². The first-order valence-electron chi connectivity index (χ1n) is 12.0. The lowest BCUT2D eigenvalue weighted by Crippen LogP contribution is -2.57. The molecule has 3 aliphatic heterocycles. The van der Waals surface area contributed by atoms with Gasteiger partial charge in [-0.05, 0) is 38.8 Å². The van der Waals surface area contributed by atoms with Crippen LogP contribution < -0.4 is 5.32 Å². The van der Waals surface area contributed by atoms with Gasteiger partial charge in [0.15, 0.2) is 5.76 Å². The van der Waals surface area contributed by atoms with E-state index in [9.17, 15) is 33.0 Å². The molecule has 0 spiro atoms. The molecule has 1 unspecified atom stereocenters. The first-order chi connectivity index (χ1) is 17.9. The van der Waals surface area contributed by atoms with Gasteiger partial charge in [-0.1, -0.05) is 24.3 Å². The molecule has 4 aliphatic rings. The van der Waals surface area contributed by atoms with Crippen LogP contribution in [0.15, 0.2) is 28.7 Å². The van der Waals surface area contributed by atoms with Gasteiger partial charge in [0, 0.05) is 23.4 Å². The van der Waals surface area contributed by atoms with E-state index >= 15 is 0 Å². The fourth-order valence-electron chi connectivity index (χ4n) is 5.65. The molecule has 3 saturated heterocycles. The molecular formula is C26H26N2O9S. The van der Waals surface area contributed by atoms with Crippen LogP contribution >= 0.6 is 0 Å². The summed E-state index contributed by atoms with van der Waals surface area (Å²) in [5.41, 5.74) is -0.755. The number of fused-ring (bicyclic) bond motifs is 6. The summed E-state index contributed by atoms with van der Waals surface area (Å²) in [4.78, 5) is 42.5. The lowest BCUT2D eigenvalue weighted by atomic mass is 9.82. The number of phenolic OH excluding ortho intramolecular Hbond substituents is 2. The van der Waals surface area contributed by atoms with Crippen molar-refractivity contribution in [3.8, 4) is 11.5 Å². The highest BCUT2D eigenvalue weighted by Crippen LogP contribution is 2.45. The second kappa shape index (κ2) is 9.22. The van der Waals surface area contributed by atoms with Crippen molar-refractivity contribution in [2.45, 2.75) is 25.8 Å². The molecule has 200 valence electrons. The zero-order chi connectivity index (χ0) is 27.5. The van der Waals surface area contributed by atoms with E-state index in [1.807, 2.05) is 0 Å². The van der Waals surface area contributed by atoms with Gasteiger partial charge >= 0.3 is 0 Å². The molecule has 1 atom stereocenters. The summed E-state index contributed by atoms with van der Waals surface area (Å²) in [6.07, 6.45) is 2.74. The maximum atomic E-state index is 13.6. The van der Waals surface area contributed by atoms with Gasteiger partial charge in [0.25, 0.3) is 16.0 Å². The molecular weight excluding hydrogens is 516 g/mol. The normalized spacial score (nSPS) is 21.9. The maximum absolute atomic E-state index is 13.6. The van der Waals surface area contributed by atoms with E-state index in [0.717, 1.165) is 32.5 Å². The van der Waals surface area contributed by atoms with Gasteiger partial charge in [-0.3, -0.25) is 18.9 Å². The number of nitrogens with one attached hydrogen (secondary N) is 1. The Morgan fingerprint density at radius 2 is 1.53 bits per heavy atom. The van der Waals surface area contributed by atoms with Crippen LogP contribution in [-0.4, -0.2) is 77.5 Å². The molecule has 3 aromatic rings. The second-order valence-corrected chi connectivity index (χ2v) is 11.3. The molecule has 1 aliphatic carbocycles. The Bertz CT molecular complexity index is 1610. The van der Waals surface area contributed by atoms with E-state index in [1.165, 1.54) is 6.92 Å². The van der Waals surface area contributed by atoms with Gasteiger partial charge in [0.2, 0.25) is 11.6 Å². The standard InChI is InChI=1S/C25H22N2O6.CH4O3S/c1-11-16(25(32)26-15-10-27-8-6-12(15)7-9-27)19-22(30)17-18(23(31)24(19)33-11)21(29)14-5-3-2-4-13(14)20(17)28;1-5(2,3)4/h2-5,12,15,28-29H,6-10H2,1H3,(H,26,32);1H3,(H,2,3,4). The summed E-state index contributed by atoms with van der Waals surface area (Å²) in [7, 11) is -3.67. The molecule has 2 bridgehead atoms. The lowest BCUT2D eigenvalue weighted by molar-refractivity contribution is 0.0618. The number of nitrogens with zero attached hydrogens (tertiary/aromatic N) is 1. The second-order valence-electron chi connectivity index (χ2n) is 9.84. The predicted octanol–water partition coefficient (Wildman–Crippen LogP) is 2.26. The van der Waals surface area contributed by atoms with E-state index in [0.29, 0.717) is 12.2 Å². The highest BCUT2D eigenvalue weighted by atomic mass is 32.2. The molecule has 12 heteroatoms. The van der Waals surface area contributed by atoms with Gasteiger partial charge in [0.05, 0.1) is 28.5 Å². The molecule has 7 rings (SSSR count). The van der Waals surface area contributed by atoms with Crippen LogP contribution in [-0.2, 0) is 10.1 Å². The van der Waals surface area contributed by atoms with Gasteiger partial charge in [-0.25, -0.2) is 0 Å². The first-order valence-corrected chi connectivity index (χ1v) is 13.9. The average Bonchev–Trinajstić information content (AvgIpc) is 3.22. The Morgan fingerprint density at radius 3 is 2.03 bits per heavy atom. The van der Waals surface area contributed by atoms with Crippen LogP contribution in [0.1, 0.15) is 61.0 Å². The van der Waals surface area contributed by atoms with Crippen LogP contribution in [0.4, 0.5) is 0 Å². The molecule has 1 amide bonds. The molecule has 4 N–H and O–H groups in total. The number of aromatic hydroxyl groups is 2. The average molecular weight is 543 g/mol. The number of hydrogen-bond acceptors (Lipinski definition) is 9. The molecule has 1 aromatic heterocycles. The Labute approximate surface area is 217 Å². The largest absolute Gasteiger partial charge is 0.506 e. The summed E-state index contributed by atoms with van der Waals surface area (Å²) in [5, 5.41) is 25.2.